The number of hydrogen-bond donors (Lipinski definition) is 2. The Morgan fingerprint density at radius 2 is 1.76 bits per heavy atom. The molecular weight excluding hydrogens is 432 g/mol. The SMILES string of the molecule is Cc1nnc2n1-c1ccccc1C(c1ccccc1)=NC2NC(=O)Nc1ccc2c(c1)OCO2. The predicted molar refractivity (Wildman–Crippen MR) is 126 cm³/mol. The minimum absolute atomic E-state index is 0.166. The van der Waals surface area contributed by atoms with E-state index in [9.17, 15) is 4.79 Å². The van der Waals surface area contributed by atoms with E-state index in [-0.39, 0.29) is 6.79 Å². The highest BCUT2D eigenvalue weighted by Crippen LogP contribution is 2.34. The Balaban J connectivity index is 1.39. The summed E-state index contributed by atoms with van der Waals surface area (Å²) in [5.41, 5.74) is 4.11. The van der Waals surface area contributed by atoms with Gasteiger partial charge in [-0.1, -0.05) is 48.5 Å². The van der Waals surface area contributed by atoms with Crippen molar-refractivity contribution in [1.82, 2.24) is 20.1 Å². The molecule has 0 fully saturated rings. The molecule has 2 aliphatic heterocycles. The van der Waals surface area contributed by atoms with Gasteiger partial charge in [0.2, 0.25) is 6.79 Å². The predicted octanol–water partition coefficient (Wildman–Crippen LogP) is 3.98. The molecule has 0 saturated heterocycles. The number of rotatable bonds is 3. The molecule has 9 nitrogen and oxygen atoms in total. The van der Waals surface area contributed by atoms with Crippen LogP contribution in [0.1, 0.15) is 28.9 Å². The molecule has 2 amide bonds. The second kappa shape index (κ2) is 8.04. The molecule has 0 radical (unpaired) electrons. The Morgan fingerprint density at radius 1 is 0.971 bits per heavy atom. The number of para-hydroxylation sites is 1. The number of urea groups is 1. The quantitative estimate of drug-likeness (QED) is 0.490. The number of benzene rings is 3. The van der Waals surface area contributed by atoms with Gasteiger partial charge in [0.05, 0.1) is 11.4 Å². The van der Waals surface area contributed by atoms with E-state index in [1.807, 2.05) is 66.1 Å². The molecule has 4 aromatic rings. The van der Waals surface area contributed by atoms with Crippen LogP contribution < -0.4 is 20.1 Å². The smallest absolute Gasteiger partial charge is 0.321 e. The van der Waals surface area contributed by atoms with Gasteiger partial charge in [-0.2, -0.15) is 0 Å². The van der Waals surface area contributed by atoms with Crippen LogP contribution in [0.2, 0.25) is 0 Å². The molecule has 3 aromatic carbocycles. The normalized spacial score (nSPS) is 15.6. The largest absolute Gasteiger partial charge is 0.454 e. The van der Waals surface area contributed by atoms with Crippen molar-refractivity contribution in [3.05, 3.63) is 95.6 Å². The number of anilines is 1. The molecule has 0 aliphatic carbocycles. The number of hydrogen-bond acceptors (Lipinski definition) is 6. The number of aryl methyl sites for hydroxylation is 1. The Labute approximate surface area is 195 Å². The van der Waals surface area contributed by atoms with Crippen molar-refractivity contribution >= 4 is 17.4 Å². The van der Waals surface area contributed by atoms with E-state index in [1.165, 1.54) is 0 Å². The van der Waals surface area contributed by atoms with Gasteiger partial charge in [0.15, 0.2) is 23.5 Å². The van der Waals surface area contributed by atoms with Crippen LogP contribution in [0.3, 0.4) is 0 Å². The zero-order valence-corrected chi connectivity index (χ0v) is 18.2. The Morgan fingerprint density at radius 3 is 2.65 bits per heavy atom. The van der Waals surface area contributed by atoms with Crippen LogP contribution in [-0.4, -0.2) is 33.3 Å². The summed E-state index contributed by atoms with van der Waals surface area (Å²) in [4.78, 5) is 18.0. The van der Waals surface area contributed by atoms with Crippen molar-refractivity contribution in [2.24, 2.45) is 4.99 Å². The van der Waals surface area contributed by atoms with Crippen LogP contribution in [0.4, 0.5) is 10.5 Å². The van der Waals surface area contributed by atoms with Crippen molar-refractivity contribution in [2.45, 2.75) is 13.1 Å². The Hall–Kier alpha value is -4.66. The van der Waals surface area contributed by atoms with Gasteiger partial charge >= 0.3 is 6.03 Å². The molecule has 168 valence electrons. The topological polar surface area (TPSA) is 103 Å². The molecule has 9 heteroatoms. The van der Waals surface area contributed by atoms with Gasteiger partial charge in [0.25, 0.3) is 0 Å². The molecule has 0 spiro atoms. The number of amides is 2. The van der Waals surface area contributed by atoms with Crippen LogP contribution in [0.15, 0.2) is 77.8 Å². The molecule has 34 heavy (non-hydrogen) atoms. The maximum absolute atomic E-state index is 13.0. The highest BCUT2D eigenvalue weighted by atomic mass is 16.7. The third kappa shape index (κ3) is 3.43. The molecule has 2 aliphatic rings. The highest BCUT2D eigenvalue weighted by molar-refractivity contribution is 6.15. The summed E-state index contributed by atoms with van der Waals surface area (Å²) in [6.07, 6.45) is -0.766. The molecule has 0 bridgehead atoms. The van der Waals surface area contributed by atoms with Crippen molar-refractivity contribution in [1.29, 1.82) is 0 Å². The fourth-order valence-electron chi connectivity index (χ4n) is 4.17. The molecule has 2 N–H and O–H groups in total. The van der Waals surface area contributed by atoms with Gasteiger partial charge in [-0.15, -0.1) is 10.2 Å². The van der Waals surface area contributed by atoms with Crippen molar-refractivity contribution in [3.8, 4) is 17.2 Å². The summed E-state index contributed by atoms with van der Waals surface area (Å²) >= 11 is 0. The van der Waals surface area contributed by atoms with E-state index in [0.29, 0.717) is 28.8 Å². The van der Waals surface area contributed by atoms with Crippen LogP contribution in [0.25, 0.3) is 5.69 Å². The molecule has 6 rings (SSSR count). The number of carbonyl (C=O) groups excluding carboxylic acids is 1. The first kappa shape index (κ1) is 20.0. The Kier molecular flexibility index (Phi) is 4.72. The van der Waals surface area contributed by atoms with E-state index in [1.54, 1.807) is 18.2 Å². The number of nitrogens with zero attached hydrogens (tertiary/aromatic N) is 4. The first-order chi connectivity index (χ1) is 16.7. The minimum atomic E-state index is -0.766. The average Bonchev–Trinajstić information content (AvgIpc) is 3.45. The summed E-state index contributed by atoms with van der Waals surface area (Å²) < 4.78 is 12.7. The number of nitrogens with one attached hydrogen (secondary N) is 2. The van der Waals surface area contributed by atoms with Gasteiger partial charge in [0.1, 0.15) is 5.82 Å². The summed E-state index contributed by atoms with van der Waals surface area (Å²) in [7, 11) is 0. The van der Waals surface area contributed by atoms with Crippen molar-refractivity contribution < 1.29 is 14.3 Å². The second-order valence-corrected chi connectivity index (χ2v) is 7.87. The maximum Gasteiger partial charge on any atom is 0.321 e. The lowest BCUT2D eigenvalue weighted by atomic mass is 10.0. The van der Waals surface area contributed by atoms with Gasteiger partial charge in [0, 0.05) is 22.9 Å². The zero-order chi connectivity index (χ0) is 23.1. The molecule has 1 unspecified atom stereocenters. The maximum atomic E-state index is 13.0. The van der Waals surface area contributed by atoms with E-state index < -0.39 is 12.2 Å². The summed E-state index contributed by atoms with van der Waals surface area (Å²) in [6, 6.07) is 22.6. The summed E-state index contributed by atoms with van der Waals surface area (Å²) in [5.74, 6) is 2.46. The van der Waals surface area contributed by atoms with E-state index in [4.69, 9.17) is 14.5 Å². The third-order valence-electron chi connectivity index (χ3n) is 5.70. The lowest BCUT2D eigenvalue weighted by Crippen LogP contribution is -2.33. The molecule has 0 saturated carbocycles. The van der Waals surface area contributed by atoms with Gasteiger partial charge in [-0.3, -0.25) is 9.56 Å². The van der Waals surface area contributed by atoms with Gasteiger partial charge in [-0.05, 0) is 25.1 Å². The van der Waals surface area contributed by atoms with E-state index in [2.05, 4.69) is 20.8 Å². The number of ether oxygens (including phenoxy) is 2. The lowest BCUT2D eigenvalue weighted by molar-refractivity contribution is 0.174. The number of carbonyl (C=O) groups is 1. The molecule has 1 atom stereocenters. The van der Waals surface area contributed by atoms with E-state index in [0.717, 1.165) is 22.5 Å². The lowest BCUT2D eigenvalue weighted by Gasteiger charge is -2.15. The highest BCUT2D eigenvalue weighted by Gasteiger charge is 2.29. The zero-order valence-electron chi connectivity index (χ0n) is 18.2. The first-order valence-corrected chi connectivity index (χ1v) is 10.8. The van der Waals surface area contributed by atoms with Crippen LogP contribution in [0, 0.1) is 6.92 Å². The van der Waals surface area contributed by atoms with Crippen LogP contribution in [-0.2, 0) is 0 Å². The molecular formula is C25H20N6O3. The monoisotopic (exact) mass is 452 g/mol. The van der Waals surface area contributed by atoms with E-state index >= 15 is 0 Å². The average molecular weight is 452 g/mol. The van der Waals surface area contributed by atoms with Crippen LogP contribution in [0.5, 0.6) is 11.5 Å². The minimum Gasteiger partial charge on any atom is -0.454 e. The number of aromatic nitrogens is 3. The first-order valence-electron chi connectivity index (χ1n) is 10.8. The number of fused-ring (bicyclic) bond motifs is 4. The fourth-order valence-corrected chi connectivity index (χ4v) is 4.17. The van der Waals surface area contributed by atoms with Crippen molar-refractivity contribution in [2.75, 3.05) is 12.1 Å². The van der Waals surface area contributed by atoms with Gasteiger partial charge < -0.3 is 20.1 Å². The molecule has 3 heterocycles. The number of aliphatic imine (C=N–C) groups is 1. The summed E-state index contributed by atoms with van der Waals surface area (Å²) in [5, 5.41) is 14.4. The van der Waals surface area contributed by atoms with Gasteiger partial charge in [-0.25, -0.2) is 4.79 Å². The Bertz CT molecular complexity index is 1430. The van der Waals surface area contributed by atoms with Crippen LogP contribution >= 0.6 is 0 Å². The standard InChI is InChI=1S/C25H20N6O3/c1-15-29-30-24-23(28-25(32)26-17-11-12-20-21(13-17)34-14-33-20)27-22(16-7-3-2-4-8-16)18-9-5-6-10-19(18)31(15)24/h2-13,23H,14H2,1H3,(H2,26,28,32). The third-order valence-corrected chi connectivity index (χ3v) is 5.70. The fraction of sp³-hybridized carbons (Fsp3) is 0.120. The van der Waals surface area contributed by atoms with Crippen molar-refractivity contribution in [3.63, 3.8) is 0 Å². The molecule has 1 aromatic heterocycles. The second-order valence-electron chi connectivity index (χ2n) is 7.87. The summed E-state index contributed by atoms with van der Waals surface area (Å²) in [6.45, 7) is 2.05.